The van der Waals surface area contributed by atoms with Crippen LogP contribution in [0.4, 0.5) is 0 Å². The molecule has 0 saturated heterocycles. The molecule has 2 rings (SSSR count). The summed E-state index contributed by atoms with van der Waals surface area (Å²) in [6.45, 7) is 2.20. The standard InChI is InChI=1S/C15H21Cl2N/c1-2-15(18-12-6-4-3-5-7-12)13-9-8-11(16)10-14(13)17/h8-10,12,15,18H,2-7H2,1H3. The Kier molecular flexibility index (Phi) is 5.35. The highest BCUT2D eigenvalue weighted by molar-refractivity contribution is 6.35. The maximum Gasteiger partial charge on any atom is 0.0468 e. The fourth-order valence-electron chi connectivity index (χ4n) is 2.77. The maximum atomic E-state index is 6.30. The Hall–Kier alpha value is -0.240. The van der Waals surface area contributed by atoms with Gasteiger partial charge in [-0.1, -0.05) is 55.5 Å². The van der Waals surface area contributed by atoms with Crippen molar-refractivity contribution in [2.24, 2.45) is 0 Å². The summed E-state index contributed by atoms with van der Waals surface area (Å²) in [5.74, 6) is 0. The van der Waals surface area contributed by atoms with Crippen LogP contribution in [-0.2, 0) is 0 Å². The lowest BCUT2D eigenvalue weighted by molar-refractivity contribution is 0.334. The maximum absolute atomic E-state index is 6.30. The number of rotatable bonds is 4. The minimum atomic E-state index is 0.345. The van der Waals surface area contributed by atoms with Crippen molar-refractivity contribution in [2.45, 2.75) is 57.5 Å². The summed E-state index contributed by atoms with van der Waals surface area (Å²) in [5, 5.41) is 5.24. The zero-order valence-corrected chi connectivity index (χ0v) is 12.4. The number of nitrogens with one attached hydrogen (secondary N) is 1. The van der Waals surface area contributed by atoms with Crippen molar-refractivity contribution in [3.63, 3.8) is 0 Å². The van der Waals surface area contributed by atoms with Crippen LogP contribution in [0, 0.1) is 0 Å². The lowest BCUT2D eigenvalue weighted by atomic mass is 9.93. The van der Waals surface area contributed by atoms with Gasteiger partial charge in [0.2, 0.25) is 0 Å². The normalized spacial score (nSPS) is 18.8. The predicted molar refractivity (Wildman–Crippen MR) is 79.5 cm³/mol. The Morgan fingerprint density at radius 3 is 2.56 bits per heavy atom. The van der Waals surface area contributed by atoms with E-state index in [4.69, 9.17) is 23.2 Å². The zero-order valence-electron chi connectivity index (χ0n) is 10.9. The van der Waals surface area contributed by atoms with Crippen molar-refractivity contribution in [3.8, 4) is 0 Å². The van der Waals surface area contributed by atoms with Crippen LogP contribution in [0.2, 0.25) is 10.0 Å². The molecule has 1 aliphatic carbocycles. The third kappa shape index (κ3) is 3.63. The molecule has 1 saturated carbocycles. The van der Waals surface area contributed by atoms with E-state index in [1.807, 2.05) is 12.1 Å². The highest BCUT2D eigenvalue weighted by atomic mass is 35.5. The van der Waals surface area contributed by atoms with Gasteiger partial charge in [-0.05, 0) is 37.0 Å². The van der Waals surface area contributed by atoms with Crippen molar-refractivity contribution >= 4 is 23.2 Å². The minimum absolute atomic E-state index is 0.345. The highest BCUT2D eigenvalue weighted by Gasteiger charge is 2.19. The molecule has 0 spiro atoms. The van der Waals surface area contributed by atoms with Crippen molar-refractivity contribution < 1.29 is 0 Å². The molecule has 1 aromatic rings. The Labute approximate surface area is 120 Å². The monoisotopic (exact) mass is 285 g/mol. The topological polar surface area (TPSA) is 12.0 Å². The van der Waals surface area contributed by atoms with Crippen molar-refractivity contribution in [1.29, 1.82) is 0 Å². The smallest absolute Gasteiger partial charge is 0.0468 e. The van der Waals surface area contributed by atoms with Gasteiger partial charge in [0.05, 0.1) is 0 Å². The second-order valence-electron chi connectivity index (χ2n) is 5.13. The molecule has 0 bridgehead atoms. The molecular weight excluding hydrogens is 265 g/mol. The lowest BCUT2D eigenvalue weighted by Gasteiger charge is -2.28. The zero-order chi connectivity index (χ0) is 13.0. The van der Waals surface area contributed by atoms with Gasteiger partial charge in [-0.2, -0.15) is 0 Å². The van der Waals surface area contributed by atoms with Crippen LogP contribution >= 0.6 is 23.2 Å². The molecule has 1 nitrogen and oxygen atoms in total. The molecule has 1 unspecified atom stereocenters. The summed E-state index contributed by atoms with van der Waals surface area (Å²) in [7, 11) is 0. The summed E-state index contributed by atoms with van der Waals surface area (Å²) in [6, 6.07) is 6.81. The van der Waals surface area contributed by atoms with Gasteiger partial charge in [0.1, 0.15) is 0 Å². The molecule has 1 atom stereocenters. The first kappa shape index (κ1) is 14.2. The second kappa shape index (κ2) is 6.79. The van der Waals surface area contributed by atoms with Gasteiger partial charge >= 0.3 is 0 Å². The Morgan fingerprint density at radius 2 is 1.94 bits per heavy atom. The molecule has 0 heterocycles. The molecule has 0 aliphatic heterocycles. The highest BCUT2D eigenvalue weighted by Crippen LogP contribution is 2.30. The van der Waals surface area contributed by atoms with Gasteiger partial charge in [0, 0.05) is 22.1 Å². The van der Waals surface area contributed by atoms with E-state index in [1.54, 1.807) is 0 Å². The Bertz CT molecular complexity index is 386. The van der Waals surface area contributed by atoms with E-state index in [1.165, 1.54) is 37.7 Å². The fourth-order valence-corrected chi connectivity index (χ4v) is 3.31. The van der Waals surface area contributed by atoms with Crippen molar-refractivity contribution in [3.05, 3.63) is 33.8 Å². The average Bonchev–Trinajstić information content (AvgIpc) is 2.38. The van der Waals surface area contributed by atoms with E-state index in [2.05, 4.69) is 18.3 Å². The molecule has 3 heteroatoms. The van der Waals surface area contributed by atoms with E-state index < -0.39 is 0 Å². The first-order chi connectivity index (χ1) is 8.70. The van der Waals surface area contributed by atoms with Crippen LogP contribution < -0.4 is 5.32 Å². The van der Waals surface area contributed by atoms with Crippen LogP contribution in [0.25, 0.3) is 0 Å². The molecule has 0 amide bonds. The molecule has 1 fully saturated rings. The number of hydrogen-bond acceptors (Lipinski definition) is 1. The summed E-state index contributed by atoms with van der Waals surface area (Å²) < 4.78 is 0. The van der Waals surface area contributed by atoms with E-state index in [0.29, 0.717) is 17.1 Å². The third-order valence-electron chi connectivity index (χ3n) is 3.79. The molecule has 1 N–H and O–H groups in total. The first-order valence-corrected chi connectivity index (χ1v) is 7.67. The van der Waals surface area contributed by atoms with Crippen LogP contribution in [-0.4, -0.2) is 6.04 Å². The van der Waals surface area contributed by atoms with Gasteiger partial charge < -0.3 is 5.32 Å². The molecule has 1 aliphatic rings. The second-order valence-corrected chi connectivity index (χ2v) is 5.97. The Balaban J connectivity index is 2.07. The van der Waals surface area contributed by atoms with Crippen LogP contribution in [0.3, 0.4) is 0 Å². The van der Waals surface area contributed by atoms with E-state index in [9.17, 15) is 0 Å². The fraction of sp³-hybridized carbons (Fsp3) is 0.600. The summed E-state index contributed by atoms with van der Waals surface area (Å²) in [4.78, 5) is 0. The minimum Gasteiger partial charge on any atom is -0.307 e. The van der Waals surface area contributed by atoms with E-state index in [0.717, 1.165) is 11.4 Å². The number of benzene rings is 1. The molecular formula is C15H21Cl2N. The average molecular weight is 286 g/mol. The van der Waals surface area contributed by atoms with Crippen LogP contribution in [0.5, 0.6) is 0 Å². The molecule has 0 aromatic heterocycles. The summed E-state index contributed by atoms with van der Waals surface area (Å²) in [6.07, 6.45) is 7.73. The quantitative estimate of drug-likeness (QED) is 0.785. The SMILES string of the molecule is CCC(NC1CCCCC1)c1ccc(Cl)cc1Cl. The van der Waals surface area contributed by atoms with Crippen molar-refractivity contribution in [2.75, 3.05) is 0 Å². The van der Waals surface area contributed by atoms with Gasteiger partial charge in [0.15, 0.2) is 0 Å². The third-order valence-corrected chi connectivity index (χ3v) is 4.35. The number of hydrogen-bond donors (Lipinski definition) is 1. The Morgan fingerprint density at radius 1 is 1.22 bits per heavy atom. The molecule has 1 aromatic carbocycles. The van der Waals surface area contributed by atoms with E-state index >= 15 is 0 Å². The van der Waals surface area contributed by atoms with Gasteiger partial charge in [0.25, 0.3) is 0 Å². The predicted octanol–water partition coefficient (Wildman–Crippen LogP) is 5.37. The van der Waals surface area contributed by atoms with Gasteiger partial charge in [-0.25, -0.2) is 0 Å². The van der Waals surface area contributed by atoms with Gasteiger partial charge in [-0.15, -0.1) is 0 Å². The first-order valence-electron chi connectivity index (χ1n) is 6.91. The summed E-state index contributed by atoms with van der Waals surface area (Å²) >= 11 is 12.2. The lowest BCUT2D eigenvalue weighted by Crippen LogP contribution is -2.34. The molecule has 0 radical (unpaired) electrons. The van der Waals surface area contributed by atoms with Crippen LogP contribution in [0.15, 0.2) is 18.2 Å². The van der Waals surface area contributed by atoms with Gasteiger partial charge in [-0.3, -0.25) is 0 Å². The van der Waals surface area contributed by atoms with E-state index in [-0.39, 0.29) is 0 Å². The largest absolute Gasteiger partial charge is 0.307 e. The van der Waals surface area contributed by atoms with Crippen LogP contribution in [0.1, 0.15) is 57.1 Å². The number of halogens is 2. The molecule has 18 heavy (non-hydrogen) atoms. The molecule has 100 valence electrons. The summed E-state index contributed by atoms with van der Waals surface area (Å²) in [5.41, 5.74) is 1.18. The van der Waals surface area contributed by atoms with Crippen molar-refractivity contribution in [1.82, 2.24) is 5.32 Å².